The van der Waals surface area contributed by atoms with Gasteiger partial charge in [-0.05, 0) is 42.5 Å². The smallest absolute Gasteiger partial charge is 0.230 e. The van der Waals surface area contributed by atoms with Crippen LogP contribution in [0, 0.1) is 0 Å². The summed E-state index contributed by atoms with van der Waals surface area (Å²) in [6, 6.07) is 15.6. The quantitative estimate of drug-likeness (QED) is 0.838. The summed E-state index contributed by atoms with van der Waals surface area (Å²) >= 11 is 12.0. The molecule has 0 atom stereocenters. The lowest BCUT2D eigenvalue weighted by Gasteiger charge is -2.36. The normalized spacial score (nSPS) is 16.4. The zero-order chi connectivity index (χ0) is 17.7. The molecule has 2 aromatic rings. The van der Waals surface area contributed by atoms with Gasteiger partial charge in [-0.25, -0.2) is 0 Å². The van der Waals surface area contributed by atoms with E-state index >= 15 is 0 Å². The fourth-order valence-corrected chi connectivity index (χ4v) is 3.63. The van der Waals surface area contributed by atoms with E-state index in [1.54, 1.807) is 6.07 Å². The lowest BCUT2D eigenvalue weighted by atomic mass is 9.73. The molecule has 1 fully saturated rings. The van der Waals surface area contributed by atoms with Gasteiger partial charge in [0.1, 0.15) is 0 Å². The van der Waals surface area contributed by atoms with Crippen molar-refractivity contribution in [2.75, 3.05) is 19.8 Å². The topological polar surface area (TPSA) is 38.3 Å². The average molecular weight is 378 g/mol. The number of benzene rings is 2. The molecule has 1 saturated heterocycles. The Balaban J connectivity index is 1.68. The maximum absolute atomic E-state index is 13.0. The van der Waals surface area contributed by atoms with E-state index in [0.29, 0.717) is 49.1 Å². The molecular weight excluding hydrogens is 357 g/mol. The van der Waals surface area contributed by atoms with Crippen LogP contribution in [0.1, 0.15) is 24.0 Å². The lowest BCUT2D eigenvalue weighted by molar-refractivity contribution is -0.130. The number of amides is 1. The van der Waals surface area contributed by atoms with E-state index < -0.39 is 5.41 Å². The first kappa shape index (κ1) is 18.2. The molecule has 5 heteroatoms. The third-order valence-corrected chi connectivity index (χ3v) is 5.53. The molecule has 132 valence electrons. The molecule has 0 bridgehead atoms. The van der Waals surface area contributed by atoms with Crippen LogP contribution in [0.25, 0.3) is 0 Å². The van der Waals surface area contributed by atoms with Gasteiger partial charge >= 0.3 is 0 Å². The Morgan fingerprint density at radius 2 is 1.76 bits per heavy atom. The Bertz CT molecular complexity index is 728. The Morgan fingerprint density at radius 3 is 2.44 bits per heavy atom. The summed E-state index contributed by atoms with van der Waals surface area (Å²) in [6.07, 6.45) is 2.12. The van der Waals surface area contributed by atoms with Crippen molar-refractivity contribution in [1.29, 1.82) is 0 Å². The molecule has 1 amide bonds. The second-order valence-corrected chi connectivity index (χ2v) is 7.13. The maximum Gasteiger partial charge on any atom is 0.230 e. The fraction of sp³-hybridized carbons (Fsp3) is 0.350. The van der Waals surface area contributed by atoms with E-state index in [0.717, 1.165) is 11.1 Å². The summed E-state index contributed by atoms with van der Waals surface area (Å²) in [7, 11) is 0. The number of halogens is 2. The number of hydrogen-bond acceptors (Lipinski definition) is 2. The Labute approximate surface area is 158 Å². The van der Waals surface area contributed by atoms with Crippen LogP contribution in [0.2, 0.25) is 10.0 Å². The molecule has 0 unspecified atom stereocenters. The molecule has 25 heavy (non-hydrogen) atoms. The van der Waals surface area contributed by atoms with Crippen molar-refractivity contribution >= 4 is 29.1 Å². The standard InChI is InChI=1S/C20H21Cl2NO2/c21-17-7-6-15(14-18(17)22)8-11-23-19(24)20(9-12-25-13-10-20)16-4-2-1-3-5-16/h1-7,14H,8-13H2,(H,23,24). The van der Waals surface area contributed by atoms with Gasteiger partial charge in [-0.1, -0.05) is 59.6 Å². The third kappa shape index (κ3) is 4.17. The second-order valence-electron chi connectivity index (χ2n) is 6.31. The predicted octanol–water partition coefficient (Wildman–Crippen LogP) is 4.40. The molecule has 3 nitrogen and oxygen atoms in total. The van der Waals surface area contributed by atoms with Crippen molar-refractivity contribution in [3.05, 3.63) is 69.7 Å². The number of carbonyl (C=O) groups is 1. The molecule has 0 saturated carbocycles. The van der Waals surface area contributed by atoms with Crippen LogP contribution in [-0.2, 0) is 21.4 Å². The highest BCUT2D eigenvalue weighted by molar-refractivity contribution is 6.42. The minimum Gasteiger partial charge on any atom is -0.381 e. The fourth-order valence-electron chi connectivity index (χ4n) is 3.31. The highest BCUT2D eigenvalue weighted by atomic mass is 35.5. The number of hydrogen-bond donors (Lipinski definition) is 1. The minimum atomic E-state index is -0.503. The molecule has 2 aromatic carbocycles. The predicted molar refractivity (Wildman–Crippen MR) is 101 cm³/mol. The summed E-state index contributed by atoms with van der Waals surface area (Å²) in [5.41, 5.74) is 1.61. The molecule has 1 heterocycles. The zero-order valence-electron chi connectivity index (χ0n) is 13.9. The zero-order valence-corrected chi connectivity index (χ0v) is 15.4. The highest BCUT2D eigenvalue weighted by Crippen LogP contribution is 2.35. The first-order valence-electron chi connectivity index (χ1n) is 8.47. The van der Waals surface area contributed by atoms with Crippen LogP contribution in [0.15, 0.2) is 48.5 Å². The summed E-state index contributed by atoms with van der Waals surface area (Å²) in [5.74, 6) is 0.0714. The Hall–Kier alpha value is -1.55. The summed E-state index contributed by atoms with van der Waals surface area (Å²) < 4.78 is 5.49. The van der Waals surface area contributed by atoms with Gasteiger partial charge in [0.05, 0.1) is 15.5 Å². The van der Waals surface area contributed by atoms with Gasteiger partial charge in [0.15, 0.2) is 0 Å². The number of carbonyl (C=O) groups excluding carboxylic acids is 1. The monoisotopic (exact) mass is 377 g/mol. The van der Waals surface area contributed by atoms with Crippen LogP contribution >= 0.6 is 23.2 Å². The largest absolute Gasteiger partial charge is 0.381 e. The van der Waals surface area contributed by atoms with Crippen molar-refractivity contribution in [2.24, 2.45) is 0 Å². The molecule has 0 aliphatic carbocycles. The second kappa shape index (κ2) is 8.22. The van der Waals surface area contributed by atoms with Crippen LogP contribution < -0.4 is 5.32 Å². The minimum absolute atomic E-state index is 0.0714. The SMILES string of the molecule is O=C(NCCc1ccc(Cl)c(Cl)c1)C1(c2ccccc2)CCOCC1. The highest BCUT2D eigenvalue weighted by Gasteiger charge is 2.41. The lowest BCUT2D eigenvalue weighted by Crippen LogP contribution is -2.48. The molecule has 0 spiro atoms. The Kier molecular flexibility index (Phi) is 6.00. The first-order chi connectivity index (χ1) is 12.1. The van der Waals surface area contributed by atoms with E-state index in [-0.39, 0.29) is 5.91 Å². The van der Waals surface area contributed by atoms with Gasteiger partial charge in [-0.2, -0.15) is 0 Å². The summed E-state index contributed by atoms with van der Waals surface area (Å²) in [5, 5.41) is 4.18. The Morgan fingerprint density at radius 1 is 1.04 bits per heavy atom. The average Bonchev–Trinajstić information content (AvgIpc) is 2.66. The molecule has 1 aliphatic rings. The van der Waals surface area contributed by atoms with Crippen LogP contribution in [-0.4, -0.2) is 25.7 Å². The van der Waals surface area contributed by atoms with E-state index in [2.05, 4.69) is 5.32 Å². The van der Waals surface area contributed by atoms with Crippen molar-refractivity contribution in [1.82, 2.24) is 5.32 Å². The van der Waals surface area contributed by atoms with Crippen molar-refractivity contribution in [2.45, 2.75) is 24.7 Å². The molecule has 0 aromatic heterocycles. The molecular formula is C20H21Cl2NO2. The van der Waals surface area contributed by atoms with Crippen molar-refractivity contribution in [3.8, 4) is 0 Å². The van der Waals surface area contributed by atoms with Gasteiger partial charge in [0.25, 0.3) is 0 Å². The van der Waals surface area contributed by atoms with Gasteiger partial charge in [0.2, 0.25) is 5.91 Å². The van der Waals surface area contributed by atoms with E-state index in [1.165, 1.54) is 0 Å². The number of nitrogens with one attached hydrogen (secondary N) is 1. The van der Waals surface area contributed by atoms with E-state index in [9.17, 15) is 4.79 Å². The van der Waals surface area contributed by atoms with Gasteiger partial charge in [-0.15, -0.1) is 0 Å². The molecule has 0 radical (unpaired) electrons. The molecule has 1 aliphatic heterocycles. The van der Waals surface area contributed by atoms with E-state index in [4.69, 9.17) is 27.9 Å². The number of rotatable bonds is 5. The van der Waals surface area contributed by atoms with E-state index in [1.807, 2.05) is 42.5 Å². The number of ether oxygens (including phenoxy) is 1. The molecule has 3 rings (SSSR count). The molecule has 1 N–H and O–H groups in total. The van der Waals surface area contributed by atoms with Crippen LogP contribution in [0.4, 0.5) is 0 Å². The maximum atomic E-state index is 13.0. The van der Waals surface area contributed by atoms with Gasteiger partial charge < -0.3 is 10.1 Å². The van der Waals surface area contributed by atoms with Crippen LogP contribution in [0.5, 0.6) is 0 Å². The van der Waals surface area contributed by atoms with Crippen molar-refractivity contribution in [3.63, 3.8) is 0 Å². The first-order valence-corrected chi connectivity index (χ1v) is 9.23. The van der Waals surface area contributed by atoms with Gasteiger partial charge in [0, 0.05) is 19.8 Å². The third-order valence-electron chi connectivity index (χ3n) is 4.79. The van der Waals surface area contributed by atoms with Crippen molar-refractivity contribution < 1.29 is 9.53 Å². The summed E-state index contributed by atoms with van der Waals surface area (Å²) in [6.45, 7) is 1.77. The summed E-state index contributed by atoms with van der Waals surface area (Å²) in [4.78, 5) is 13.0. The van der Waals surface area contributed by atoms with Gasteiger partial charge in [-0.3, -0.25) is 4.79 Å². The van der Waals surface area contributed by atoms with Crippen LogP contribution in [0.3, 0.4) is 0 Å².